The van der Waals surface area contributed by atoms with Crippen molar-refractivity contribution in [2.45, 2.75) is 32.4 Å². The van der Waals surface area contributed by atoms with Crippen molar-refractivity contribution in [2.75, 3.05) is 17.2 Å². The normalized spacial score (nSPS) is 20.4. The van der Waals surface area contributed by atoms with Crippen LogP contribution in [0.15, 0.2) is 48.5 Å². The summed E-state index contributed by atoms with van der Waals surface area (Å²) in [5, 5.41) is 7.20. The summed E-state index contributed by atoms with van der Waals surface area (Å²) in [5.74, 6) is 0.908. The molecule has 3 rings (SSSR count). The highest BCUT2D eigenvalue weighted by molar-refractivity contribution is 5.78. The van der Waals surface area contributed by atoms with Gasteiger partial charge in [0.1, 0.15) is 11.4 Å². The Morgan fingerprint density at radius 3 is 2.52 bits per heavy atom. The van der Waals surface area contributed by atoms with Gasteiger partial charge in [0.2, 0.25) is 0 Å². The van der Waals surface area contributed by atoms with Crippen molar-refractivity contribution in [3.05, 3.63) is 54.1 Å². The Morgan fingerprint density at radius 1 is 1.05 bits per heavy atom. The first kappa shape index (κ1) is 13.8. The van der Waals surface area contributed by atoms with Crippen molar-refractivity contribution in [2.24, 2.45) is 0 Å². The van der Waals surface area contributed by atoms with E-state index in [0.717, 1.165) is 23.7 Å². The molecule has 0 aliphatic carbocycles. The Hall–Kier alpha value is -2.16. The van der Waals surface area contributed by atoms with Gasteiger partial charge in [0.05, 0.1) is 17.3 Å². The van der Waals surface area contributed by atoms with Crippen LogP contribution in [0.1, 0.15) is 26.3 Å². The molecule has 0 bridgehead atoms. The molecule has 2 N–H and O–H groups in total. The van der Waals surface area contributed by atoms with Gasteiger partial charge >= 0.3 is 0 Å². The van der Waals surface area contributed by atoms with E-state index in [2.05, 4.69) is 47.9 Å². The second-order valence-electron chi connectivity index (χ2n) is 6.02. The van der Waals surface area contributed by atoms with E-state index in [0.29, 0.717) is 0 Å². The lowest BCUT2D eigenvalue weighted by atomic mass is 9.89. The van der Waals surface area contributed by atoms with Crippen LogP contribution >= 0.6 is 0 Å². The first-order valence-corrected chi connectivity index (χ1v) is 7.46. The van der Waals surface area contributed by atoms with Gasteiger partial charge in [0, 0.05) is 6.54 Å². The SMILES string of the molecule is CC(C)Oc1cccc2c1NCC(C)(c1ccccc1)N2. The van der Waals surface area contributed by atoms with E-state index in [1.807, 2.05) is 32.0 Å². The molecule has 1 aliphatic heterocycles. The van der Waals surface area contributed by atoms with Crippen LogP contribution in [0.2, 0.25) is 0 Å². The molecular weight excluding hydrogens is 260 g/mol. The molecule has 0 fully saturated rings. The van der Waals surface area contributed by atoms with Crippen LogP contribution in [-0.2, 0) is 5.54 Å². The molecule has 2 aromatic carbocycles. The van der Waals surface area contributed by atoms with E-state index in [1.54, 1.807) is 0 Å². The molecule has 0 aromatic heterocycles. The third kappa shape index (κ3) is 2.68. The maximum atomic E-state index is 5.88. The number of hydrogen-bond donors (Lipinski definition) is 2. The third-order valence-corrected chi connectivity index (χ3v) is 3.83. The lowest BCUT2D eigenvalue weighted by Crippen LogP contribution is -2.42. The molecule has 0 amide bonds. The zero-order chi connectivity index (χ0) is 14.9. The number of benzene rings is 2. The Bertz CT molecular complexity index is 624. The Labute approximate surface area is 126 Å². The molecule has 3 nitrogen and oxygen atoms in total. The van der Waals surface area contributed by atoms with Crippen LogP contribution in [0.5, 0.6) is 5.75 Å². The predicted octanol–water partition coefficient (Wildman–Crippen LogP) is 4.23. The molecule has 21 heavy (non-hydrogen) atoms. The van der Waals surface area contributed by atoms with Crippen LogP contribution in [0, 0.1) is 0 Å². The molecule has 0 spiro atoms. The van der Waals surface area contributed by atoms with Crippen LogP contribution in [0.4, 0.5) is 11.4 Å². The molecule has 2 aromatic rings. The standard InChI is InChI=1S/C18H22N2O/c1-13(2)21-16-11-7-10-15-17(16)19-12-18(3,20-15)14-8-5-4-6-9-14/h4-11,13,19-20H,12H2,1-3H3. The molecule has 0 radical (unpaired) electrons. The molecule has 1 unspecified atom stereocenters. The first-order valence-electron chi connectivity index (χ1n) is 7.46. The van der Waals surface area contributed by atoms with E-state index in [-0.39, 0.29) is 11.6 Å². The monoisotopic (exact) mass is 282 g/mol. The molecule has 1 aliphatic rings. The highest BCUT2D eigenvalue weighted by Gasteiger charge is 2.31. The van der Waals surface area contributed by atoms with Crippen molar-refractivity contribution >= 4 is 11.4 Å². The quantitative estimate of drug-likeness (QED) is 0.884. The largest absolute Gasteiger partial charge is 0.489 e. The number of anilines is 2. The number of nitrogens with one attached hydrogen (secondary N) is 2. The second kappa shape index (κ2) is 5.32. The maximum Gasteiger partial charge on any atom is 0.144 e. The molecule has 3 heteroatoms. The zero-order valence-electron chi connectivity index (χ0n) is 12.8. The topological polar surface area (TPSA) is 33.3 Å². The summed E-state index contributed by atoms with van der Waals surface area (Å²) in [4.78, 5) is 0. The second-order valence-corrected chi connectivity index (χ2v) is 6.02. The predicted molar refractivity (Wildman–Crippen MR) is 88.1 cm³/mol. The number of fused-ring (bicyclic) bond motifs is 1. The minimum atomic E-state index is -0.120. The number of ether oxygens (including phenoxy) is 1. The van der Waals surface area contributed by atoms with Crippen LogP contribution in [-0.4, -0.2) is 12.6 Å². The smallest absolute Gasteiger partial charge is 0.144 e. The number of para-hydroxylation sites is 1. The Kier molecular flexibility index (Phi) is 3.50. The summed E-state index contributed by atoms with van der Waals surface area (Å²) in [5.41, 5.74) is 3.30. The molecule has 110 valence electrons. The van der Waals surface area contributed by atoms with Gasteiger partial charge < -0.3 is 15.4 Å². The summed E-state index contributed by atoms with van der Waals surface area (Å²) in [6.45, 7) is 7.13. The third-order valence-electron chi connectivity index (χ3n) is 3.83. The van der Waals surface area contributed by atoms with Crippen LogP contribution in [0.25, 0.3) is 0 Å². The van der Waals surface area contributed by atoms with Gasteiger partial charge in [0.25, 0.3) is 0 Å². The molecule has 0 saturated carbocycles. The summed E-state index contributed by atoms with van der Waals surface area (Å²) in [6.07, 6.45) is 0.167. The highest BCUT2D eigenvalue weighted by atomic mass is 16.5. The Balaban J connectivity index is 1.93. The summed E-state index contributed by atoms with van der Waals surface area (Å²) in [7, 11) is 0. The van der Waals surface area contributed by atoms with Gasteiger partial charge in [-0.2, -0.15) is 0 Å². The fraction of sp³-hybridized carbons (Fsp3) is 0.333. The average molecular weight is 282 g/mol. The summed E-state index contributed by atoms with van der Waals surface area (Å²) >= 11 is 0. The lowest BCUT2D eigenvalue weighted by molar-refractivity contribution is 0.243. The fourth-order valence-corrected chi connectivity index (χ4v) is 2.76. The highest BCUT2D eigenvalue weighted by Crippen LogP contribution is 2.40. The minimum absolute atomic E-state index is 0.120. The van der Waals surface area contributed by atoms with Gasteiger partial charge in [-0.25, -0.2) is 0 Å². The van der Waals surface area contributed by atoms with Crippen molar-refractivity contribution in [3.8, 4) is 5.75 Å². The van der Waals surface area contributed by atoms with Crippen LogP contribution < -0.4 is 15.4 Å². The first-order chi connectivity index (χ1) is 10.1. The van der Waals surface area contributed by atoms with E-state index in [9.17, 15) is 0 Å². The van der Waals surface area contributed by atoms with Crippen molar-refractivity contribution < 1.29 is 4.74 Å². The van der Waals surface area contributed by atoms with Gasteiger partial charge in [-0.3, -0.25) is 0 Å². The molecule has 1 atom stereocenters. The van der Waals surface area contributed by atoms with Crippen molar-refractivity contribution in [3.63, 3.8) is 0 Å². The average Bonchev–Trinajstić information content (AvgIpc) is 2.47. The lowest BCUT2D eigenvalue weighted by Gasteiger charge is -2.39. The molecule has 0 saturated heterocycles. The minimum Gasteiger partial charge on any atom is -0.489 e. The summed E-state index contributed by atoms with van der Waals surface area (Å²) in [6, 6.07) is 16.7. The van der Waals surface area contributed by atoms with E-state index >= 15 is 0 Å². The van der Waals surface area contributed by atoms with Gasteiger partial charge in [-0.05, 0) is 38.5 Å². The zero-order valence-corrected chi connectivity index (χ0v) is 12.8. The number of hydrogen-bond acceptors (Lipinski definition) is 3. The van der Waals surface area contributed by atoms with E-state index in [1.165, 1.54) is 5.56 Å². The molecular formula is C18H22N2O. The van der Waals surface area contributed by atoms with Gasteiger partial charge in [-0.15, -0.1) is 0 Å². The van der Waals surface area contributed by atoms with Crippen molar-refractivity contribution in [1.29, 1.82) is 0 Å². The van der Waals surface area contributed by atoms with Gasteiger partial charge in [-0.1, -0.05) is 36.4 Å². The van der Waals surface area contributed by atoms with Crippen LogP contribution in [0.3, 0.4) is 0 Å². The number of rotatable bonds is 3. The fourth-order valence-electron chi connectivity index (χ4n) is 2.76. The van der Waals surface area contributed by atoms with Crippen molar-refractivity contribution in [1.82, 2.24) is 0 Å². The van der Waals surface area contributed by atoms with Gasteiger partial charge in [0.15, 0.2) is 0 Å². The summed E-state index contributed by atoms with van der Waals surface area (Å²) < 4.78 is 5.88. The van der Waals surface area contributed by atoms with E-state index < -0.39 is 0 Å². The maximum absolute atomic E-state index is 5.88. The Morgan fingerprint density at radius 2 is 1.81 bits per heavy atom. The molecule has 1 heterocycles. The van der Waals surface area contributed by atoms with E-state index in [4.69, 9.17) is 4.74 Å².